The molecular formula is C13H12N2O3. The average Bonchev–Trinajstić information content (AvgIpc) is 2.92. The number of ether oxygens (including phenoxy) is 1. The number of carboxylic acids is 1. The molecule has 0 radical (unpaired) electrons. The van der Waals surface area contributed by atoms with Crippen LogP contribution >= 0.6 is 0 Å². The van der Waals surface area contributed by atoms with Gasteiger partial charge in [0.25, 0.3) is 0 Å². The van der Waals surface area contributed by atoms with E-state index in [4.69, 9.17) is 4.74 Å². The zero-order valence-electron chi connectivity index (χ0n) is 9.61. The Morgan fingerprint density at radius 3 is 3.00 bits per heavy atom. The fourth-order valence-corrected chi connectivity index (χ4v) is 2.46. The number of hydrogen-bond donors (Lipinski definition) is 1. The molecule has 1 N–H and O–H groups in total. The van der Waals surface area contributed by atoms with Crippen molar-refractivity contribution in [1.29, 1.82) is 0 Å². The Morgan fingerprint density at radius 1 is 1.44 bits per heavy atom. The smallest absolute Gasteiger partial charge is 0.334 e. The molecule has 1 aromatic heterocycles. The third kappa shape index (κ3) is 1.33. The second-order valence-electron chi connectivity index (χ2n) is 4.23. The summed E-state index contributed by atoms with van der Waals surface area (Å²) in [5.41, 5.74) is -0.451. The molecule has 0 spiro atoms. The van der Waals surface area contributed by atoms with Crippen molar-refractivity contribution in [2.75, 3.05) is 6.61 Å². The van der Waals surface area contributed by atoms with E-state index in [1.165, 1.54) is 6.33 Å². The summed E-state index contributed by atoms with van der Waals surface area (Å²) >= 11 is 0. The van der Waals surface area contributed by atoms with Gasteiger partial charge in [0.1, 0.15) is 5.75 Å². The lowest BCUT2D eigenvalue weighted by Gasteiger charge is -2.36. The van der Waals surface area contributed by atoms with Crippen LogP contribution in [0.15, 0.2) is 43.0 Å². The topological polar surface area (TPSA) is 64.3 Å². The highest BCUT2D eigenvalue weighted by Crippen LogP contribution is 2.40. The van der Waals surface area contributed by atoms with Crippen LogP contribution in [0.2, 0.25) is 0 Å². The molecule has 1 unspecified atom stereocenters. The molecule has 18 heavy (non-hydrogen) atoms. The SMILES string of the molecule is O=C(O)C1(n2ccnc2)CCOc2ccccc21. The van der Waals surface area contributed by atoms with Crippen LogP contribution in [-0.2, 0) is 10.3 Å². The Bertz CT molecular complexity index is 580. The van der Waals surface area contributed by atoms with Gasteiger partial charge in [0.15, 0.2) is 5.54 Å². The molecule has 2 aromatic rings. The maximum atomic E-state index is 11.8. The lowest BCUT2D eigenvalue weighted by atomic mass is 9.84. The summed E-state index contributed by atoms with van der Waals surface area (Å²) in [6, 6.07) is 7.25. The number of aromatic nitrogens is 2. The van der Waals surface area contributed by atoms with Gasteiger partial charge in [-0.15, -0.1) is 0 Å². The van der Waals surface area contributed by atoms with E-state index in [-0.39, 0.29) is 0 Å². The van der Waals surface area contributed by atoms with Crippen LogP contribution in [0.1, 0.15) is 12.0 Å². The minimum Gasteiger partial charge on any atom is -0.493 e. The van der Waals surface area contributed by atoms with Crippen molar-refractivity contribution in [1.82, 2.24) is 9.55 Å². The number of carboxylic acid groups (broad SMARTS) is 1. The second-order valence-corrected chi connectivity index (χ2v) is 4.23. The molecule has 0 saturated heterocycles. The molecule has 1 atom stereocenters. The van der Waals surface area contributed by atoms with Gasteiger partial charge < -0.3 is 14.4 Å². The predicted octanol–water partition coefficient (Wildman–Crippen LogP) is 1.49. The first-order valence-electron chi connectivity index (χ1n) is 5.69. The molecule has 0 saturated carbocycles. The second kappa shape index (κ2) is 3.87. The third-order valence-corrected chi connectivity index (χ3v) is 3.35. The van der Waals surface area contributed by atoms with Crippen molar-refractivity contribution in [3.05, 3.63) is 48.5 Å². The van der Waals surface area contributed by atoms with E-state index in [1.54, 1.807) is 29.1 Å². The van der Waals surface area contributed by atoms with E-state index in [9.17, 15) is 9.90 Å². The number of fused-ring (bicyclic) bond motifs is 1. The van der Waals surface area contributed by atoms with Gasteiger partial charge in [-0.05, 0) is 6.07 Å². The monoisotopic (exact) mass is 244 g/mol. The Kier molecular flexibility index (Phi) is 2.33. The first-order chi connectivity index (χ1) is 8.75. The summed E-state index contributed by atoms with van der Waals surface area (Å²) < 4.78 is 7.17. The predicted molar refractivity (Wildman–Crippen MR) is 63.5 cm³/mol. The quantitative estimate of drug-likeness (QED) is 0.869. The van der Waals surface area contributed by atoms with Crippen molar-refractivity contribution >= 4 is 5.97 Å². The Morgan fingerprint density at radius 2 is 2.28 bits per heavy atom. The highest BCUT2D eigenvalue weighted by molar-refractivity contribution is 5.83. The van der Waals surface area contributed by atoms with Crippen LogP contribution in [-0.4, -0.2) is 27.2 Å². The molecule has 0 fully saturated rings. The van der Waals surface area contributed by atoms with Crippen molar-refractivity contribution in [3.8, 4) is 5.75 Å². The number of rotatable bonds is 2. The zero-order valence-corrected chi connectivity index (χ0v) is 9.61. The summed E-state index contributed by atoms with van der Waals surface area (Å²) in [4.78, 5) is 15.8. The molecule has 1 aliphatic heterocycles. The zero-order chi connectivity index (χ0) is 12.6. The number of nitrogens with zero attached hydrogens (tertiary/aromatic N) is 2. The molecule has 0 amide bonds. The molecule has 2 heterocycles. The number of benzene rings is 1. The van der Waals surface area contributed by atoms with Gasteiger partial charge in [0.2, 0.25) is 0 Å². The largest absolute Gasteiger partial charge is 0.493 e. The first-order valence-corrected chi connectivity index (χ1v) is 5.69. The van der Waals surface area contributed by atoms with E-state index in [0.717, 1.165) is 0 Å². The van der Waals surface area contributed by atoms with Crippen LogP contribution in [0, 0.1) is 0 Å². The van der Waals surface area contributed by atoms with Crippen molar-refractivity contribution < 1.29 is 14.6 Å². The van der Waals surface area contributed by atoms with Gasteiger partial charge in [-0.3, -0.25) is 0 Å². The summed E-state index contributed by atoms with van der Waals surface area (Å²) in [5.74, 6) is -0.267. The highest BCUT2D eigenvalue weighted by atomic mass is 16.5. The molecule has 92 valence electrons. The van der Waals surface area contributed by atoms with Crippen LogP contribution in [0.3, 0.4) is 0 Å². The average molecular weight is 244 g/mol. The number of hydrogen-bond acceptors (Lipinski definition) is 3. The van der Waals surface area contributed by atoms with Crippen LogP contribution in [0.5, 0.6) is 5.75 Å². The lowest BCUT2D eigenvalue weighted by molar-refractivity contribution is -0.146. The van der Waals surface area contributed by atoms with E-state index in [2.05, 4.69) is 4.98 Å². The van der Waals surface area contributed by atoms with Gasteiger partial charge in [-0.25, -0.2) is 9.78 Å². The van der Waals surface area contributed by atoms with Crippen molar-refractivity contribution in [3.63, 3.8) is 0 Å². The van der Waals surface area contributed by atoms with Gasteiger partial charge in [-0.2, -0.15) is 0 Å². The summed E-state index contributed by atoms with van der Waals surface area (Å²) in [5, 5.41) is 9.70. The van der Waals surface area contributed by atoms with Gasteiger partial charge in [0, 0.05) is 24.4 Å². The number of imidazole rings is 1. The molecule has 3 rings (SSSR count). The van der Waals surface area contributed by atoms with E-state index < -0.39 is 11.5 Å². The molecule has 1 aliphatic rings. The van der Waals surface area contributed by atoms with Crippen LogP contribution < -0.4 is 4.74 Å². The molecular weight excluding hydrogens is 232 g/mol. The van der Waals surface area contributed by atoms with E-state index >= 15 is 0 Å². The summed E-state index contributed by atoms with van der Waals surface area (Å²) in [6.45, 7) is 0.376. The van der Waals surface area contributed by atoms with E-state index in [0.29, 0.717) is 24.3 Å². The lowest BCUT2D eigenvalue weighted by Crippen LogP contribution is -2.46. The Balaban J connectivity index is 2.27. The van der Waals surface area contributed by atoms with Gasteiger partial charge in [-0.1, -0.05) is 18.2 Å². The standard InChI is InChI=1S/C13H12N2O3/c16-12(17)13(15-7-6-14-9-15)5-8-18-11-4-2-1-3-10(11)13/h1-4,6-7,9H,5,8H2,(H,16,17). The molecule has 5 nitrogen and oxygen atoms in total. The Hall–Kier alpha value is -2.30. The Labute approximate surface area is 104 Å². The van der Waals surface area contributed by atoms with Crippen LogP contribution in [0.4, 0.5) is 0 Å². The maximum Gasteiger partial charge on any atom is 0.334 e. The van der Waals surface area contributed by atoms with Gasteiger partial charge in [0.05, 0.1) is 12.9 Å². The molecule has 1 aromatic carbocycles. The van der Waals surface area contributed by atoms with E-state index in [1.807, 2.05) is 12.1 Å². The number of carbonyl (C=O) groups is 1. The van der Waals surface area contributed by atoms with Crippen LogP contribution in [0.25, 0.3) is 0 Å². The molecule has 0 bridgehead atoms. The maximum absolute atomic E-state index is 11.8. The number of para-hydroxylation sites is 1. The fourth-order valence-electron chi connectivity index (χ4n) is 2.46. The van der Waals surface area contributed by atoms with Crippen molar-refractivity contribution in [2.24, 2.45) is 0 Å². The number of aliphatic carboxylic acids is 1. The highest BCUT2D eigenvalue weighted by Gasteiger charge is 2.46. The minimum absolute atomic E-state index is 0.376. The summed E-state index contributed by atoms with van der Waals surface area (Å²) in [6.07, 6.45) is 5.19. The van der Waals surface area contributed by atoms with Crippen molar-refractivity contribution in [2.45, 2.75) is 12.0 Å². The summed E-state index contributed by atoms with van der Waals surface area (Å²) in [7, 11) is 0. The third-order valence-electron chi connectivity index (χ3n) is 3.35. The first kappa shape index (κ1) is 10.8. The normalized spacial score (nSPS) is 22.0. The fraction of sp³-hybridized carbons (Fsp3) is 0.231. The molecule has 5 heteroatoms. The van der Waals surface area contributed by atoms with Gasteiger partial charge >= 0.3 is 5.97 Å². The minimum atomic E-state index is -1.12. The molecule has 0 aliphatic carbocycles.